The number of likely N-dealkylation sites (tertiary alicyclic amines) is 1. The summed E-state index contributed by atoms with van der Waals surface area (Å²) in [6.07, 6.45) is 3.66. The standard InChI is InChI=1S/C14H26N2O6.C13H25N3O6.C12H16N2O6.C11H19NO3.C6H15NO3.H2/c1-2-13(19)16-11-12(18)3-4-14(20)15-5-7-21-9-10-22-8-6-17;14-9-13(20)16-10-11(18)1-2-12(19)15-3-5-21-7-8-22-6-4-17;1-2-9(16)13-7-8(15)3-6-12(19)20-14-10(17)4-5-11(14)18;1-9-6-7-12(8-9)10(13)4-2-3-5-11(14)15;7-1-3-9-5-6-10-4-2-8;/h17H,2-11H2,1H3,(H,15,20)(H,16,19);17H,1-10,14H2,(H,15,19)(H,16,20);2-7H2,1H3,(H,13,16);9H,2-8H2,1H3,(H,14,15);8H,1-7H2;1H/t;;;9-;;/m...0../s1. The van der Waals surface area contributed by atoms with Crippen LogP contribution >= 0.6 is 0 Å². The maximum absolute atomic E-state index is 11.6. The number of hydrogen-bond donors (Lipinski definition) is 11. The van der Waals surface area contributed by atoms with Gasteiger partial charge in [0.15, 0.2) is 17.3 Å². The molecule has 0 bridgehead atoms. The molecule has 2 rings (SSSR count). The minimum atomic E-state index is -0.830. The van der Waals surface area contributed by atoms with E-state index < -0.39 is 29.7 Å². The lowest BCUT2D eigenvalue weighted by atomic mass is 10.1. The number of carbonyl (C=O) groups excluding carboxylic acids is 12. The van der Waals surface area contributed by atoms with Gasteiger partial charge in [0.2, 0.25) is 35.4 Å². The van der Waals surface area contributed by atoms with Crippen molar-refractivity contribution in [3.63, 3.8) is 0 Å². The predicted octanol–water partition coefficient (Wildman–Crippen LogP) is -3.26. The van der Waals surface area contributed by atoms with Crippen molar-refractivity contribution in [1.82, 2.24) is 36.5 Å². The molecule has 33 nitrogen and oxygen atoms in total. The van der Waals surface area contributed by atoms with E-state index in [2.05, 4.69) is 38.3 Å². The molecule has 0 saturated carbocycles. The zero-order valence-corrected chi connectivity index (χ0v) is 52.2. The molecule has 13 N–H and O–H groups in total. The molecule has 0 aromatic carbocycles. The molecule has 2 heterocycles. The van der Waals surface area contributed by atoms with Crippen molar-refractivity contribution in [1.29, 1.82) is 0 Å². The Kier molecular flexibility index (Phi) is 60.1. The topological polar surface area (TPSA) is 486 Å². The van der Waals surface area contributed by atoms with Crippen molar-refractivity contribution in [3.8, 4) is 0 Å². The second kappa shape index (κ2) is 61.7. The molecule has 2 aliphatic heterocycles. The lowest BCUT2D eigenvalue weighted by molar-refractivity contribution is -0.197. The normalized spacial score (nSPS) is 12.9. The fourth-order valence-corrected chi connectivity index (χ4v) is 6.55. The molecular formula is C56H103N9O24. The molecule has 0 aliphatic carbocycles. The van der Waals surface area contributed by atoms with Gasteiger partial charge in [0.05, 0.1) is 132 Å². The molecule has 2 saturated heterocycles. The lowest BCUT2D eigenvalue weighted by Gasteiger charge is -2.15. The molecule has 0 unspecified atom stereocenters. The van der Waals surface area contributed by atoms with Crippen molar-refractivity contribution in [3.05, 3.63) is 0 Å². The average molecular weight is 1290 g/mol. The van der Waals surface area contributed by atoms with E-state index in [9.17, 15) is 62.3 Å². The van der Waals surface area contributed by atoms with E-state index in [1.807, 2.05) is 4.90 Å². The number of hydroxylamine groups is 2. The number of carboxylic acid groups (broad SMARTS) is 1. The second-order valence-electron chi connectivity index (χ2n) is 19.1. The van der Waals surface area contributed by atoms with Gasteiger partial charge in [0.25, 0.3) is 11.8 Å². The number of imide groups is 1. The van der Waals surface area contributed by atoms with Crippen LogP contribution in [0.4, 0.5) is 0 Å². The van der Waals surface area contributed by atoms with Crippen LogP contribution in [0.15, 0.2) is 0 Å². The van der Waals surface area contributed by atoms with Crippen LogP contribution in [0.1, 0.15) is 119 Å². The molecule has 2 aliphatic rings. The highest BCUT2D eigenvalue weighted by Crippen LogP contribution is 2.17. The lowest BCUT2D eigenvalue weighted by Crippen LogP contribution is -2.35. The number of rotatable bonds is 47. The summed E-state index contributed by atoms with van der Waals surface area (Å²) < 4.78 is 30.3. The molecular weight excluding hydrogens is 1180 g/mol. The third-order valence-electron chi connectivity index (χ3n) is 11.4. The van der Waals surface area contributed by atoms with Crippen LogP contribution in [-0.4, -0.2) is 265 Å². The van der Waals surface area contributed by atoms with E-state index in [1.165, 1.54) is 0 Å². The van der Waals surface area contributed by atoms with Crippen LogP contribution in [0.25, 0.3) is 0 Å². The Morgan fingerprint density at radius 3 is 1.27 bits per heavy atom. The maximum Gasteiger partial charge on any atom is 0.333 e. The summed E-state index contributed by atoms with van der Waals surface area (Å²) in [7, 11) is 0. The van der Waals surface area contributed by atoms with Gasteiger partial charge in [-0.05, 0) is 25.2 Å². The van der Waals surface area contributed by atoms with E-state index in [1.54, 1.807) is 13.8 Å². The van der Waals surface area contributed by atoms with Crippen molar-refractivity contribution < 1.29 is 117 Å². The number of aliphatic hydroxyl groups excluding tert-OH is 3. The van der Waals surface area contributed by atoms with Gasteiger partial charge in [-0.3, -0.25) is 57.5 Å². The highest BCUT2D eigenvalue weighted by Gasteiger charge is 2.33. The second-order valence-corrected chi connectivity index (χ2v) is 19.1. The van der Waals surface area contributed by atoms with Crippen LogP contribution in [0, 0.1) is 5.92 Å². The molecule has 1 atom stereocenters. The predicted molar refractivity (Wildman–Crippen MR) is 318 cm³/mol. The third-order valence-corrected chi connectivity index (χ3v) is 11.4. The number of ketones is 3. The largest absolute Gasteiger partial charge is 0.481 e. The number of aliphatic hydroxyl groups is 3. The number of amides is 8. The van der Waals surface area contributed by atoms with Gasteiger partial charge < -0.3 is 96.6 Å². The molecule has 0 radical (unpaired) electrons. The van der Waals surface area contributed by atoms with Gasteiger partial charge in [0, 0.05) is 105 Å². The van der Waals surface area contributed by atoms with E-state index in [-0.39, 0.29) is 172 Å². The smallest absolute Gasteiger partial charge is 0.333 e. The van der Waals surface area contributed by atoms with E-state index in [0.29, 0.717) is 122 Å². The fraction of sp³-hybridized carbons (Fsp3) is 0.768. The van der Waals surface area contributed by atoms with Gasteiger partial charge in [-0.2, -0.15) is 0 Å². The molecule has 33 heteroatoms. The summed E-state index contributed by atoms with van der Waals surface area (Å²) >= 11 is 0. The number of nitrogens with one attached hydrogen (secondary N) is 5. The van der Waals surface area contributed by atoms with Crippen molar-refractivity contribution in [2.24, 2.45) is 17.4 Å². The van der Waals surface area contributed by atoms with E-state index >= 15 is 0 Å². The Bertz CT molecular complexity index is 1940. The minimum Gasteiger partial charge on any atom is -0.481 e. The van der Waals surface area contributed by atoms with Gasteiger partial charge in [-0.15, -0.1) is 5.06 Å². The molecule has 0 aromatic rings. The highest BCUT2D eigenvalue weighted by atomic mass is 16.7. The summed E-state index contributed by atoms with van der Waals surface area (Å²) in [5.74, 6) is -3.99. The van der Waals surface area contributed by atoms with Gasteiger partial charge >= 0.3 is 11.9 Å². The monoisotopic (exact) mass is 1290 g/mol. The first-order valence-corrected chi connectivity index (χ1v) is 29.8. The molecule has 8 amide bonds. The van der Waals surface area contributed by atoms with Crippen molar-refractivity contribution in [2.45, 2.75) is 117 Å². The fourth-order valence-electron chi connectivity index (χ4n) is 6.55. The average Bonchev–Trinajstić information content (AvgIpc) is 4.34. The van der Waals surface area contributed by atoms with Gasteiger partial charge in [-0.25, -0.2) is 4.79 Å². The molecule has 516 valence electrons. The Labute approximate surface area is 521 Å². The minimum absolute atomic E-state index is 0. The van der Waals surface area contributed by atoms with Crippen molar-refractivity contribution >= 4 is 76.5 Å². The summed E-state index contributed by atoms with van der Waals surface area (Å²) in [6.45, 7) is 12.9. The van der Waals surface area contributed by atoms with Gasteiger partial charge in [0.1, 0.15) is 0 Å². The first-order chi connectivity index (χ1) is 42.6. The molecule has 0 aromatic heterocycles. The molecule has 89 heavy (non-hydrogen) atoms. The number of ether oxygens (including phenoxy) is 6. The number of Topliss-reactive ketones (excluding diaryl/α,β-unsaturated/α-hetero) is 3. The van der Waals surface area contributed by atoms with E-state index in [4.69, 9.17) is 60.3 Å². The SMILES string of the molecule is CCC(=O)NCC(=O)CCC(=O)NCCOCCOCCO.CCC(=O)NCC(=O)CCC(=O)ON1C(=O)CCC1=O.C[C@H]1CCN(C(=O)CCCCC(=O)O)C1.NCC(=O)NCC(=O)CCC(=O)NCCOCCOCCO.NCCOCCOCCO.[HH]. The number of nitrogens with zero attached hydrogens (tertiary/aromatic N) is 2. The van der Waals surface area contributed by atoms with Crippen LogP contribution in [-0.2, 0) is 95.6 Å². The molecule has 2 fully saturated rings. The Morgan fingerprint density at radius 2 is 0.899 bits per heavy atom. The Morgan fingerprint density at radius 1 is 0.506 bits per heavy atom. The number of hydrogen-bond acceptors (Lipinski definition) is 25. The number of carbonyl (C=O) groups is 13. The zero-order chi connectivity index (χ0) is 67.3. The summed E-state index contributed by atoms with van der Waals surface area (Å²) in [5, 5.41) is 46.5. The number of carboxylic acids is 1. The maximum atomic E-state index is 11.6. The number of unbranched alkanes of at least 4 members (excludes halogenated alkanes) is 1. The van der Waals surface area contributed by atoms with Crippen molar-refractivity contribution in [2.75, 3.05) is 158 Å². The third kappa shape index (κ3) is 58.9. The summed E-state index contributed by atoms with van der Waals surface area (Å²) in [4.78, 5) is 152. The van der Waals surface area contributed by atoms with Crippen LogP contribution in [0.3, 0.4) is 0 Å². The Balaban J connectivity index is -0.000000523. The number of aliphatic carboxylic acids is 1. The van der Waals surface area contributed by atoms with Crippen LogP contribution in [0.5, 0.6) is 0 Å². The Hall–Kier alpha value is -6.53. The first kappa shape index (κ1) is 86.7. The van der Waals surface area contributed by atoms with Crippen LogP contribution in [0.2, 0.25) is 0 Å². The molecule has 0 spiro atoms. The first-order valence-electron chi connectivity index (χ1n) is 29.8. The van der Waals surface area contributed by atoms with E-state index in [0.717, 1.165) is 19.5 Å². The van der Waals surface area contributed by atoms with Gasteiger partial charge in [-0.1, -0.05) is 20.8 Å². The quantitative estimate of drug-likeness (QED) is 0.0210. The summed E-state index contributed by atoms with van der Waals surface area (Å²) in [5.41, 5.74) is 10.2. The summed E-state index contributed by atoms with van der Waals surface area (Å²) in [6, 6.07) is 0. The highest BCUT2D eigenvalue weighted by molar-refractivity contribution is 6.01. The zero-order valence-electron chi connectivity index (χ0n) is 52.2. The number of nitrogens with two attached hydrogens (primary N) is 2. The van der Waals surface area contributed by atoms with Crippen LogP contribution < -0.4 is 38.1 Å².